The fourth-order valence-electron chi connectivity index (χ4n) is 1.10. The topological polar surface area (TPSA) is 0 Å². The molecule has 0 unspecified atom stereocenters. The van der Waals surface area contributed by atoms with Crippen molar-refractivity contribution in [2.75, 3.05) is 0 Å². The van der Waals surface area contributed by atoms with Crippen molar-refractivity contribution in [3.05, 3.63) is 29.6 Å². The lowest BCUT2D eigenvalue weighted by atomic mass is 10.3. The summed E-state index contributed by atoms with van der Waals surface area (Å²) in [5, 5.41) is 0.0800. The van der Waals surface area contributed by atoms with E-state index in [0.717, 1.165) is 12.1 Å². The second kappa shape index (κ2) is 3.31. The largest absolute Gasteiger partial charge is 0.207 e. The molecular formula is C8H9F3Si. The van der Waals surface area contributed by atoms with Crippen molar-refractivity contribution in [2.45, 2.75) is 13.1 Å². The van der Waals surface area contributed by atoms with Gasteiger partial charge in [-0.05, 0) is 0 Å². The molecule has 0 radical (unpaired) electrons. The van der Waals surface area contributed by atoms with Crippen LogP contribution in [0.2, 0.25) is 13.1 Å². The van der Waals surface area contributed by atoms with E-state index in [0.29, 0.717) is 0 Å². The molecule has 0 N–H and O–H groups in total. The fraction of sp³-hybridized carbons (Fsp3) is 0.250. The van der Waals surface area contributed by atoms with Gasteiger partial charge in [-0.25, -0.2) is 13.2 Å². The molecule has 0 saturated heterocycles. The zero-order valence-electron chi connectivity index (χ0n) is 6.87. The molecular weight excluding hydrogens is 181 g/mol. The summed E-state index contributed by atoms with van der Waals surface area (Å²) in [6, 6.07) is 1.46. The molecule has 0 spiro atoms. The van der Waals surface area contributed by atoms with Crippen LogP contribution in [-0.2, 0) is 0 Å². The van der Waals surface area contributed by atoms with Gasteiger partial charge >= 0.3 is 0 Å². The highest BCUT2D eigenvalue weighted by Gasteiger charge is 2.14. The van der Waals surface area contributed by atoms with E-state index in [4.69, 9.17) is 0 Å². The highest BCUT2D eigenvalue weighted by atomic mass is 28.3. The zero-order valence-corrected chi connectivity index (χ0v) is 8.02. The third kappa shape index (κ3) is 1.69. The molecule has 0 aliphatic carbocycles. The predicted molar refractivity (Wildman–Crippen MR) is 44.8 cm³/mol. The van der Waals surface area contributed by atoms with Crippen molar-refractivity contribution in [3.8, 4) is 0 Å². The SMILES string of the molecule is C[SiH](C)c1c(F)cc(F)cc1F. The first-order valence-electron chi connectivity index (χ1n) is 3.67. The molecule has 12 heavy (non-hydrogen) atoms. The number of halogens is 3. The molecule has 0 heterocycles. The highest BCUT2D eigenvalue weighted by Crippen LogP contribution is 2.05. The van der Waals surface area contributed by atoms with E-state index < -0.39 is 26.2 Å². The van der Waals surface area contributed by atoms with Gasteiger partial charge in [0, 0.05) is 17.3 Å². The maximum atomic E-state index is 12.9. The van der Waals surface area contributed by atoms with E-state index in [-0.39, 0.29) is 5.19 Å². The minimum atomic E-state index is -1.54. The first-order valence-corrected chi connectivity index (χ1v) is 6.55. The Morgan fingerprint density at radius 2 is 1.42 bits per heavy atom. The number of hydrogen-bond donors (Lipinski definition) is 0. The van der Waals surface area contributed by atoms with Crippen LogP contribution in [0.25, 0.3) is 0 Å². The van der Waals surface area contributed by atoms with Crippen molar-refractivity contribution in [1.29, 1.82) is 0 Å². The van der Waals surface area contributed by atoms with Gasteiger partial charge in [-0.15, -0.1) is 0 Å². The van der Waals surface area contributed by atoms with Gasteiger partial charge < -0.3 is 0 Å². The van der Waals surface area contributed by atoms with Crippen molar-refractivity contribution >= 4 is 14.0 Å². The van der Waals surface area contributed by atoms with Gasteiger partial charge in [0.15, 0.2) is 0 Å². The third-order valence-electron chi connectivity index (χ3n) is 1.62. The summed E-state index contributed by atoms with van der Waals surface area (Å²) in [6.45, 7) is 3.58. The van der Waals surface area contributed by atoms with Crippen LogP contribution in [0, 0.1) is 17.5 Å². The Labute approximate surface area is 70.6 Å². The molecule has 0 aliphatic rings. The number of rotatable bonds is 1. The second-order valence-corrected chi connectivity index (χ2v) is 5.82. The van der Waals surface area contributed by atoms with Crippen molar-refractivity contribution in [2.24, 2.45) is 0 Å². The van der Waals surface area contributed by atoms with Gasteiger partial charge in [0.1, 0.15) is 17.5 Å². The first-order chi connectivity index (χ1) is 5.52. The lowest BCUT2D eigenvalue weighted by molar-refractivity contribution is 0.553. The van der Waals surface area contributed by atoms with E-state index >= 15 is 0 Å². The normalized spacial score (nSPS) is 10.8. The fourth-order valence-corrected chi connectivity index (χ4v) is 2.37. The predicted octanol–water partition coefficient (Wildman–Crippen LogP) is 1.80. The minimum absolute atomic E-state index is 0.0800. The van der Waals surface area contributed by atoms with Crippen LogP contribution in [0.15, 0.2) is 12.1 Å². The summed E-state index contributed by atoms with van der Waals surface area (Å²) in [5.41, 5.74) is 0. The minimum Gasteiger partial charge on any atom is -0.207 e. The number of hydrogen-bond acceptors (Lipinski definition) is 0. The third-order valence-corrected chi connectivity index (χ3v) is 3.33. The van der Waals surface area contributed by atoms with Crippen LogP contribution < -0.4 is 5.19 Å². The quantitative estimate of drug-likeness (QED) is 0.592. The van der Waals surface area contributed by atoms with Crippen LogP contribution in [0.3, 0.4) is 0 Å². The molecule has 66 valence electrons. The van der Waals surface area contributed by atoms with Crippen LogP contribution in [0.1, 0.15) is 0 Å². The summed E-state index contributed by atoms with van der Waals surface area (Å²) < 4.78 is 38.2. The summed E-state index contributed by atoms with van der Waals surface area (Å²) in [7, 11) is -1.54. The maximum absolute atomic E-state index is 12.9. The summed E-state index contributed by atoms with van der Waals surface area (Å²) >= 11 is 0. The molecule has 0 nitrogen and oxygen atoms in total. The van der Waals surface area contributed by atoms with Gasteiger partial charge in [-0.2, -0.15) is 0 Å². The van der Waals surface area contributed by atoms with E-state index in [9.17, 15) is 13.2 Å². The first kappa shape index (κ1) is 9.32. The van der Waals surface area contributed by atoms with E-state index in [1.807, 2.05) is 0 Å². The maximum Gasteiger partial charge on any atom is 0.129 e. The monoisotopic (exact) mass is 190 g/mol. The molecule has 0 aliphatic heterocycles. The molecule has 1 rings (SSSR count). The van der Waals surface area contributed by atoms with Crippen molar-refractivity contribution in [3.63, 3.8) is 0 Å². The average Bonchev–Trinajstić information content (AvgIpc) is 1.82. The molecule has 4 heteroatoms. The molecule has 0 bridgehead atoms. The molecule has 0 amide bonds. The lowest BCUT2D eigenvalue weighted by Gasteiger charge is -2.06. The van der Waals surface area contributed by atoms with Gasteiger partial charge in [-0.3, -0.25) is 0 Å². The van der Waals surface area contributed by atoms with Crippen molar-refractivity contribution < 1.29 is 13.2 Å². The summed E-state index contributed by atoms with van der Waals surface area (Å²) in [4.78, 5) is 0. The van der Waals surface area contributed by atoms with Crippen LogP contribution in [0.5, 0.6) is 0 Å². The van der Waals surface area contributed by atoms with Gasteiger partial charge in [0.05, 0.1) is 8.80 Å². The van der Waals surface area contributed by atoms with Crippen LogP contribution >= 0.6 is 0 Å². The van der Waals surface area contributed by atoms with Gasteiger partial charge in [0.25, 0.3) is 0 Å². The molecule has 0 atom stereocenters. The molecule has 1 aromatic carbocycles. The molecule has 0 saturated carbocycles. The number of benzene rings is 1. The van der Waals surface area contributed by atoms with Gasteiger partial charge in [-0.1, -0.05) is 13.1 Å². The highest BCUT2D eigenvalue weighted by molar-refractivity contribution is 6.70. The smallest absolute Gasteiger partial charge is 0.129 e. The second-order valence-electron chi connectivity index (χ2n) is 2.94. The molecule has 0 aromatic heterocycles. The summed E-state index contributed by atoms with van der Waals surface area (Å²) in [6.07, 6.45) is 0. The Hall–Kier alpha value is -0.773. The van der Waals surface area contributed by atoms with E-state index in [1.54, 1.807) is 13.1 Å². The Morgan fingerprint density at radius 3 is 1.75 bits per heavy atom. The molecule has 0 fully saturated rings. The zero-order chi connectivity index (χ0) is 9.30. The Morgan fingerprint density at radius 1 is 1.00 bits per heavy atom. The molecule has 1 aromatic rings. The van der Waals surface area contributed by atoms with Crippen molar-refractivity contribution in [1.82, 2.24) is 0 Å². The van der Waals surface area contributed by atoms with E-state index in [1.165, 1.54) is 0 Å². The Bertz CT molecular complexity index is 273. The van der Waals surface area contributed by atoms with Crippen LogP contribution in [-0.4, -0.2) is 8.80 Å². The van der Waals surface area contributed by atoms with Gasteiger partial charge in [0.2, 0.25) is 0 Å². The Balaban J connectivity index is 3.28. The standard InChI is InChI=1S/C8H9F3Si/c1-12(2)8-6(10)3-5(9)4-7(8)11/h3-4,12H,1-2H3. The van der Waals surface area contributed by atoms with E-state index in [2.05, 4.69) is 0 Å². The Kier molecular flexibility index (Phi) is 2.57. The lowest BCUT2D eigenvalue weighted by Crippen LogP contribution is -2.30. The van der Waals surface area contributed by atoms with Crippen LogP contribution in [0.4, 0.5) is 13.2 Å². The average molecular weight is 190 g/mol. The summed E-state index contributed by atoms with van der Waals surface area (Å²) in [5.74, 6) is -2.37.